The Hall–Kier alpha value is -3.24. The van der Waals surface area contributed by atoms with Crippen molar-refractivity contribution < 1.29 is 17.9 Å². The van der Waals surface area contributed by atoms with E-state index in [1.807, 2.05) is 29.2 Å². The lowest BCUT2D eigenvalue weighted by Gasteiger charge is -2.36. The second-order valence-electron chi connectivity index (χ2n) is 7.37. The highest BCUT2D eigenvalue weighted by Crippen LogP contribution is 2.32. The number of benzene rings is 2. The molecule has 1 fully saturated rings. The highest BCUT2D eigenvalue weighted by molar-refractivity contribution is 7.91. The first-order valence-electron chi connectivity index (χ1n) is 10.2. The van der Waals surface area contributed by atoms with Crippen LogP contribution in [0.25, 0.3) is 0 Å². The number of hydrogen-bond acceptors (Lipinski definition) is 9. The fourth-order valence-corrected chi connectivity index (χ4v) is 5.32. The summed E-state index contributed by atoms with van der Waals surface area (Å²) < 4.78 is 36.7. The van der Waals surface area contributed by atoms with E-state index in [-0.39, 0.29) is 20.6 Å². The molecule has 0 spiro atoms. The Morgan fingerprint density at radius 3 is 2.27 bits per heavy atom. The van der Waals surface area contributed by atoms with Gasteiger partial charge in [0.2, 0.25) is 15.8 Å². The third kappa shape index (κ3) is 4.49. The molecule has 9 nitrogen and oxygen atoms in total. The molecule has 0 amide bonds. The van der Waals surface area contributed by atoms with Gasteiger partial charge in [-0.3, -0.25) is 0 Å². The van der Waals surface area contributed by atoms with Gasteiger partial charge in [0.05, 0.1) is 36.0 Å². The second kappa shape index (κ2) is 9.32. The van der Waals surface area contributed by atoms with Gasteiger partial charge in [0.15, 0.2) is 0 Å². The third-order valence-corrected chi connectivity index (χ3v) is 7.55. The van der Waals surface area contributed by atoms with Gasteiger partial charge in [-0.15, -0.1) is 0 Å². The minimum atomic E-state index is -3.95. The number of rotatable bonds is 6. The van der Waals surface area contributed by atoms with E-state index < -0.39 is 9.84 Å². The number of para-hydroxylation sites is 2. The maximum absolute atomic E-state index is 13.1. The summed E-state index contributed by atoms with van der Waals surface area (Å²) in [4.78, 5) is 12.6. The lowest BCUT2D eigenvalue weighted by atomic mass is 10.2. The largest absolute Gasteiger partial charge is 0.495 e. The lowest BCUT2D eigenvalue weighted by molar-refractivity contribution is 0.413. The van der Waals surface area contributed by atoms with E-state index in [1.165, 1.54) is 31.5 Å². The van der Waals surface area contributed by atoms with E-state index in [0.29, 0.717) is 24.8 Å². The Balaban J connectivity index is 1.52. The van der Waals surface area contributed by atoms with Gasteiger partial charge in [0, 0.05) is 26.2 Å². The highest BCUT2D eigenvalue weighted by atomic mass is 35.5. The van der Waals surface area contributed by atoms with Crippen molar-refractivity contribution >= 4 is 38.9 Å². The number of anilines is 3. The van der Waals surface area contributed by atoms with Crippen LogP contribution in [0.2, 0.25) is 5.02 Å². The van der Waals surface area contributed by atoms with Gasteiger partial charge in [0.1, 0.15) is 22.2 Å². The summed E-state index contributed by atoms with van der Waals surface area (Å²) in [5.41, 5.74) is 7.09. The molecule has 33 heavy (non-hydrogen) atoms. The summed E-state index contributed by atoms with van der Waals surface area (Å²) in [6, 6.07) is 12.1. The van der Waals surface area contributed by atoms with Crippen LogP contribution in [-0.2, 0) is 9.84 Å². The molecule has 2 heterocycles. The predicted molar refractivity (Wildman–Crippen MR) is 127 cm³/mol. The molecule has 4 rings (SSSR count). The maximum atomic E-state index is 13.1. The van der Waals surface area contributed by atoms with Crippen molar-refractivity contribution in [3.63, 3.8) is 0 Å². The zero-order valence-corrected chi connectivity index (χ0v) is 19.8. The number of ether oxygens (including phenoxy) is 2. The average Bonchev–Trinajstić information content (AvgIpc) is 2.83. The Morgan fingerprint density at radius 2 is 1.64 bits per heavy atom. The van der Waals surface area contributed by atoms with Crippen LogP contribution in [0.4, 0.5) is 17.5 Å². The van der Waals surface area contributed by atoms with Crippen LogP contribution in [0.3, 0.4) is 0 Å². The van der Waals surface area contributed by atoms with Crippen molar-refractivity contribution in [2.24, 2.45) is 0 Å². The molecular weight excluding hydrogens is 466 g/mol. The molecular formula is C22H24ClN5O4S. The summed E-state index contributed by atoms with van der Waals surface area (Å²) in [6.07, 6.45) is 1.25. The van der Waals surface area contributed by atoms with E-state index in [9.17, 15) is 8.42 Å². The monoisotopic (exact) mass is 489 g/mol. The van der Waals surface area contributed by atoms with Crippen molar-refractivity contribution in [3.05, 3.63) is 53.7 Å². The van der Waals surface area contributed by atoms with E-state index in [4.69, 9.17) is 26.8 Å². The van der Waals surface area contributed by atoms with Gasteiger partial charge in [0.25, 0.3) is 0 Å². The fraction of sp³-hybridized carbons (Fsp3) is 0.273. The number of piperazine rings is 1. The first-order chi connectivity index (χ1) is 15.8. The Kier molecular flexibility index (Phi) is 6.48. The van der Waals surface area contributed by atoms with E-state index in [1.54, 1.807) is 7.11 Å². The molecule has 0 aliphatic carbocycles. The molecule has 1 saturated heterocycles. The van der Waals surface area contributed by atoms with Crippen LogP contribution < -0.4 is 25.0 Å². The standard InChI is InChI=1S/C22H24ClN5O4S/c1-31-18-8-7-15(13-16(18)23)33(29,30)20-14-25-22(26-21(20)24)28-11-9-27(10-12-28)17-5-3-4-6-19(17)32-2/h3-8,13-14H,9-12H2,1-2H3,(H2,24,25,26). The molecule has 174 valence electrons. The highest BCUT2D eigenvalue weighted by Gasteiger charge is 2.26. The number of hydrogen-bond donors (Lipinski definition) is 1. The Morgan fingerprint density at radius 1 is 0.970 bits per heavy atom. The van der Waals surface area contributed by atoms with Crippen LogP contribution in [0, 0.1) is 0 Å². The summed E-state index contributed by atoms with van der Waals surface area (Å²) in [7, 11) is -0.839. The lowest BCUT2D eigenvalue weighted by Crippen LogP contribution is -2.47. The first kappa shape index (κ1) is 22.9. The number of halogens is 1. The topological polar surface area (TPSA) is 111 Å². The van der Waals surface area contributed by atoms with Gasteiger partial charge >= 0.3 is 0 Å². The van der Waals surface area contributed by atoms with Crippen molar-refractivity contribution in [3.8, 4) is 11.5 Å². The van der Waals surface area contributed by atoms with Crippen LogP contribution in [0.5, 0.6) is 11.5 Å². The smallest absolute Gasteiger partial charge is 0.227 e. The van der Waals surface area contributed by atoms with Crippen molar-refractivity contribution in [1.82, 2.24) is 9.97 Å². The average molecular weight is 490 g/mol. The molecule has 2 aromatic carbocycles. The zero-order valence-electron chi connectivity index (χ0n) is 18.2. The zero-order chi connectivity index (χ0) is 23.6. The van der Waals surface area contributed by atoms with E-state index >= 15 is 0 Å². The number of nitrogens with two attached hydrogens (primary N) is 1. The fourth-order valence-electron chi connectivity index (χ4n) is 3.71. The SMILES string of the molecule is COc1ccc(S(=O)(=O)c2cnc(N3CCN(c4ccccc4OC)CC3)nc2N)cc1Cl. The summed E-state index contributed by atoms with van der Waals surface area (Å²) in [5, 5.41) is 0.183. The third-order valence-electron chi connectivity index (χ3n) is 5.48. The minimum absolute atomic E-state index is 0.0122. The van der Waals surface area contributed by atoms with Crippen LogP contribution in [-0.4, -0.2) is 58.8 Å². The normalized spacial score (nSPS) is 14.3. The Labute approximate surface area is 197 Å². The number of sulfone groups is 1. The summed E-state index contributed by atoms with van der Waals surface area (Å²) >= 11 is 6.09. The molecule has 0 bridgehead atoms. The molecule has 2 N–H and O–H groups in total. The predicted octanol–water partition coefficient (Wildman–Crippen LogP) is 2.89. The molecule has 1 aliphatic heterocycles. The van der Waals surface area contributed by atoms with Crippen molar-refractivity contribution in [1.29, 1.82) is 0 Å². The van der Waals surface area contributed by atoms with Crippen molar-refractivity contribution in [2.45, 2.75) is 9.79 Å². The van der Waals surface area contributed by atoms with Crippen LogP contribution in [0.1, 0.15) is 0 Å². The first-order valence-corrected chi connectivity index (χ1v) is 12.1. The molecule has 1 aromatic heterocycles. The van der Waals surface area contributed by atoms with E-state index in [2.05, 4.69) is 14.9 Å². The summed E-state index contributed by atoms with van der Waals surface area (Å²) in [5.74, 6) is 1.47. The molecule has 0 unspecified atom stereocenters. The van der Waals surface area contributed by atoms with Gasteiger partial charge in [-0.25, -0.2) is 13.4 Å². The molecule has 0 radical (unpaired) electrons. The number of aromatic nitrogens is 2. The molecule has 1 aliphatic rings. The summed E-state index contributed by atoms with van der Waals surface area (Å²) in [6.45, 7) is 2.76. The molecule has 0 saturated carbocycles. The van der Waals surface area contributed by atoms with E-state index in [0.717, 1.165) is 24.5 Å². The second-order valence-corrected chi connectivity index (χ2v) is 9.69. The quantitative estimate of drug-likeness (QED) is 0.558. The number of nitrogen functional groups attached to an aromatic ring is 1. The minimum Gasteiger partial charge on any atom is -0.495 e. The van der Waals surface area contributed by atoms with Gasteiger partial charge in [-0.1, -0.05) is 23.7 Å². The van der Waals surface area contributed by atoms with Crippen LogP contribution in [0.15, 0.2) is 58.5 Å². The van der Waals surface area contributed by atoms with Gasteiger partial charge in [-0.2, -0.15) is 4.98 Å². The van der Waals surface area contributed by atoms with Crippen LogP contribution >= 0.6 is 11.6 Å². The van der Waals surface area contributed by atoms with Gasteiger partial charge in [-0.05, 0) is 30.3 Å². The Bertz CT molecular complexity index is 1260. The van der Waals surface area contributed by atoms with Gasteiger partial charge < -0.3 is 25.0 Å². The number of nitrogens with zero attached hydrogens (tertiary/aromatic N) is 4. The maximum Gasteiger partial charge on any atom is 0.227 e. The van der Waals surface area contributed by atoms with Crippen molar-refractivity contribution in [2.75, 3.05) is 55.9 Å². The molecule has 0 atom stereocenters. The molecule has 11 heteroatoms. The molecule has 3 aromatic rings. The number of methoxy groups -OCH3 is 2.